The highest BCUT2D eigenvalue weighted by molar-refractivity contribution is 5.64. The van der Waals surface area contributed by atoms with E-state index in [2.05, 4.69) is 25.5 Å². The summed E-state index contributed by atoms with van der Waals surface area (Å²) in [6, 6.07) is 9.69. The summed E-state index contributed by atoms with van der Waals surface area (Å²) in [4.78, 5) is 11.4. The van der Waals surface area contributed by atoms with Gasteiger partial charge in [0, 0.05) is 37.9 Å². The normalized spacial score (nSPS) is 15.0. The van der Waals surface area contributed by atoms with Gasteiger partial charge in [-0.15, -0.1) is 0 Å². The van der Waals surface area contributed by atoms with Gasteiger partial charge in [0.2, 0.25) is 5.95 Å². The maximum Gasteiger partial charge on any atom is 0.224 e. The Labute approximate surface area is 148 Å². The molecule has 2 aromatic rings. The number of anilines is 3. The van der Waals surface area contributed by atoms with Gasteiger partial charge in [-0.05, 0) is 19.1 Å². The molecular formula is C18H25N5O2. The zero-order valence-electron chi connectivity index (χ0n) is 14.8. The molecule has 134 valence electrons. The topological polar surface area (TPSA) is 71.5 Å². The van der Waals surface area contributed by atoms with Crippen molar-refractivity contribution in [1.82, 2.24) is 14.9 Å². The molecular weight excluding hydrogens is 318 g/mol. The number of aromatic nitrogens is 2. The number of nitrogens with zero attached hydrogens (tertiary/aromatic N) is 3. The fourth-order valence-corrected chi connectivity index (χ4v) is 2.75. The van der Waals surface area contributed by atoms with Gasteiger partial charge in [0.05, 0.1) is 26.0 Å². The molecule has 3 rings (SSSR count). The van der Waals surface area contributed by atoms with E-state index in [1.807, 2.05) is 37.3 Å². The Bertz CT molecular complexity index is 689. The first-order chi connectivity index (χ1) is 12.2. The van der Waals surface area contributed by atoms with Gasteiger partial charge >= 0.3 is 0 Å². The maximum atomic E-state index is 5.37. The molecule has 7 heteroatoms. The van der Waals surface area contributed by atoms with Crippen LogP contribution in [0.2, 0.25) is 0 Å². The fourth-order valence-electron chi connectivity index (χ4n) is 2.75. The average Bonchev–Trinajstić information content (AvgIpc) is 2.63. The van der Waals surface area contributed by atoms with Crippen LogP contribution in [0, 0.1) is 6.92 Å². The van der Waals surface area contributed by atoms with E-state index in [1.165, 1.54) is 0 Å². The highest BCUT2D eigenvalue weighted by Crippen LogP contribution is 2.26. The average molecular weight is 343 g/mol. The Balaban J connectivity index is 1.61. The zero-order chi connectivity index (χ0) is 17.5. The molecule has 0 aliphatic carbocycles. The number of methoxy groups -OCH3 is 1. The number of aryl methyl sites for hydroxylation is 1. The summed E-state index contributed by atoms with van der Waals surface area (Å²) in [5.41, 5.74) is 1.78. The van der Waals surface area contributed by atoms with E-state index in [0.29, 0.717) is 5.95 Å². The Morgan fingerprint density at radius 3 is 2.80 bits per heavy atom. The Morgan fingerprint density at radius 2 is 2.00 bits per heavy atom. The monoisotopic (exact) mass is 343 g/mol. The quantitative estimate of drug-likeness (QED) is 0.799. The second-order valence-corrected chi connectivity index (χ2v) is 5.92. The van der Waals surface area contributed by atoms with Crippen LogP contribution in [0.3, 0.4) is 0 Å². The van der Waals surface area contributed by atoms with Crippen molar-refractivity contribution >= 4 is 17.5 Å². The summed E-state index contributed by atoms with van der Waals surface area (Å²) < 4.78 is 10.7. The fraction of sp³-hybridized carbons (Fsp3) is 0.444. The molecule has 0 atom stereocenters. The van der Waals surface area contributed by atoms with Crippen LogP contribution in [-0.2, 0) is 4.74 Å². The maximum absolute atomic E-state index is 5.37. The van der Waals surface area contributed by atoms with Gasteiger partial charge < -0.3 is 20.1 Å². The number of hydrogen-bond acceptors (Lipinski definition) is 7. The molecule has 0 amide bonds. The van der Waals surface area contributed by atoms with Crippen molar-refractivity contribution in [1.29, 1.82) is 0 Å². The van der Waals surface area contributed by atoms with Gasteiger partial charge in [0.15, 0.2) is 0 Å². The molecule has 25 heavy (non-hydrogen) atoms. The lowest BCUT2D eigenvalue weighted by Crippen LogP contribution is -2.39. The van der Waals surface area contributed by atoms with E-state index in [9.17, 15) is 0 Å². The smallest absolute Gasteiger partial charge is 0.224 e. The lowest BCUT2D eigenvalue weighted by atomic mass is 10.3. The molecule has 1 aliphatic rings. The minimum Gasteiger partial charge on any atom is -0.495 e. The van der Waals surface area contributed by atoms with Crippen molar-refractivity contribution < 1.29 is 9.47 Å². The number of nitrogens with one attached hydrogen (secondary N) is 2. The Hall–Kier alpha value is -2.38. The van der Waals surface area contributed by atoms with Crippen LogP contribution in [0.5, 0.6) is 5.75 Å². The lowest BCUT2D eigenvalue weighted by Gasteiger charge is -2.26. The number of para-hydroxylation sites is 2. The SMILES string of the molecule is COc1ccccc1Nc1cc(C)nc(NCCN2CCOCC2)n1. The third-order valence-electron chi connectivity index (χ3n) is 4.04. The molecule has 0 bridgehead atoms. The van der Waals surface area contributed by atoms with Crippen LogP contribution >= 0.6 is 0 Å². The van der Waals surface area contributed by atoms with E-state index in [-0.39, 0.29) is 0 Å². The molecule has 0 spiro atoms. The van der Waals surface area contributed by atoms with Gasteiger partial charge in [-0.3, -0.25) is 4.90 Å². The van der Waals surface area contributed by atoms with Crippen LogP contribution < -0.4 is 15.4 Å². The van der Waals surface area contributed by atoms with Gasteiger partial charge in [-0.1, -0.05) is 12.1 Å². The van der Waals surface area contributed by atoms with Gasteiger partial charge in [-0.2, -0.15) is 4.98 Å². The van der Waals surface area contributed by atoms with Crippen LogP contribution in [0.4, 0.5) is 17.5 Å². The number of hydrogen-bond donors (Lipinski definition) is 2. The summed E-state index contributed by atoms with van der Waals surface area (Å²) in [5.74, 6) is 2.15. The van der Waals surface area contributed by atoms with Crippen molar-refractivity contribution in [3.8, 4) is 5.75 Å². The van der Waals surface area contributed by atoms with E-state index >= 15 is 0 Å². The minimum absolute atomic E-state index is 0.630. The predicted octanol–water partition coefficient (Wildman–Crippen LogP) is 2.28. The molecule has 0 unspecified atom stereocenters. The molecule has 1 fully saturated rings. The van der Waals surface area contributed by atoms with E-state index in [0.717, 1.165) is 62.3 Å². The largest absolute Gasteiger partial charge is 0.495 e. The van der Waals surface area contributed by atoms with Crippen LogP contribution in [0.15, 0.2) is 30.3 Å². The molecule has 2 heterocycles. The van der Waals surface area contributed by atoms with Gasteiger partial charge in [0.25, 0.3) is 0 Å². The van der Waals surface area contributed by atoms with Crippen LogP contribution in [-0.4, -0.2) is 61.4 Å². The number of rotatable bonds is 7. The summed E-state index contributed by atoms with van der Waals surface area (Å²) in [5, 5.41) is 6.61. The second-order valence-electron chi connectivity index (χ2n) is 5.92. The molecule has 0 radical (unpaired) electrons. The van der Waals surface area contributed by atoms with Crippen molar-refractivity contribution in [2.24, 2.45) is 0 Å². The molecule has 0 saturated carbocycles. The summed E-state index contributed by atoms with van der Waals surface area (Å²) in [6.45, 7) is 7.31. The number of morpholine rings is 1. The first-order valence-corrected chi connectivity index (χ1v) is 8.54. The molecule has 1 aromatic carbocycles. The standard InChI is InChI=1S/C18H25N5O2/c1-14-13-17(21-15-5-3-4-6-16(15)24-2)22-18(20-14)19-7-8-23-9-11-25-12-10-23/h3-6,13H,7-12H2,1-2H3,(H2,19,20,21,22). The summed E-state index contributed by atoms with van der Waals surface area (Å²) in [7, 11) is 1.66. The Morgan fingerprint density at radius 1 is 1.20 bits per heavy atom. The van der Waals surface area contributed by atoms with Gasteiger partial charge in [-0.25, -0.2) is 4.98 Å². The Kier molecular flexibility index (Phi) is 6.03. The lowest BCUT2D eigenvalue weighted by molar-refractivity contribution is 0.0398. The van der Waals surface area contributed by atoms with E-state index in [4.69, 9.17) is 9.47 Å². The van der Waals surface area contributed by atoms with Gasteiger partial charge in [0.1, 0.15) is 11.6 Å². The van der Waals surface area contributed by atoms with E-state index < -0.39 is 0 Å². The highest BCUT2D eigenvalue weighted by atomic mass is 16.5. The van der Waals surface area contributed by atoms with Crippen molar-refractivity contribution in [2.45, 2.75) is 6.92 Å². The molecule has 7 nitrogen and oxygen atoms in total. The third-order valence-corrected chi connectivity index (χ3v) is 4.04. The second kappa shape index (κ2) is 8.64. The first-order valence-electron chi connectivity index (χ1n) is 8.54. The van der Waals surface area contributed by atoms with Crippen molar-refractivity contribution in [3.63, 3.8) is 0 Å². The number of benzene rings is 1. The van der Waals surface area contributed by atoms with Crippen molar-refractivity contribution in [3.05, 3.63) is 36.0 Å². The zero-order valence-corrected chi connectivity index (χ0v) is 14.8. The minimum atomic E-state index is 0.630. The van der Waals surface area contributed by atoms with E-state index in [1.54, 1.807) is 7.11 Å². The molecule has 1 aromatic heterocycles. The molecule has 2 N–H and O–H groups in total. The number of ether oxygens (including phenoxy) is 2. The summed E-state index contributed by atoms with van der Waals surface area (Å²) >= 11 is 0. The summed E-state index contributed by atoms with van der Waals surface area (Å²) in [6.07, 6.45) is 0. The first kappa shape index (κ1) is 17.4. The molecule has 1 saturated heterocycles. The van der Waals surface area contributed by atoms with Crippen LogP contribution in [0.25, 0.3) is 0 Å². The third kappa shape index (κ3) is 5.04. The van der Waals surface area contributed by atoms with Crippen molar-refractivity contribution in [2.75, 3.05) is 57.1 Å². The molecule has 1 aliphatic heterocycles. The highest BCUT2D eigenvalue weighted by Gasteiger charge is 2.10. The predicted molar refractivity (Wildman–Crippen MR) is 98.8 cm³/mol. The van der Waals surface area contributed by atoms with Crippen LogP contribution in [0.1, 0.15) is 5.69 Å².